The highest BCUT2D eigenvalue weighted by atomic mass is 16.4. The Kier molecular flexibility index (Phi) is 5.94. The Balaban J connectivity index is 1.95. The summed E-state index contributed by atoms with van der Waals surface area (Å²) in [7, 11) is 0. The zero-order chi connectivity index (χ0) is 16.7. The van der Waals surface area contributed by atoms with Gasteiger partial charge in [-0.2, -0.15) is 0 Å². The average Bonchev–Trinajstić information content (AvgIpc) is 2.60. The van der Waals surface area contributed by atoms with Gasteiger partial charge in [-0.15, -0.1) is 0 Å². The van der Waals surface area contributed by atoms with Gasteiger partial charge in [0.25, 0.3) is 0 Å². The van der Waals surface area contributed by atoms with E-state index in [4.69, 9.17) is 0 Å². The van der Waals surface area contributed by atoms with Gasteiger partial charge in [0.2, 0.25) is 0 Å². The summed E-state index contributed by atoms with van der Waals surface area (Å²) in [5, 5.41) is 12.7. The summed E-state index contributed by atoms with van der Waals surface area (Å²) in [5.74, 6) is -0.713. The Morgan fingerprint density at radius 2 is 1.52 bits per heavy atom. The number of rotatable bonds is 8. The molecule has 0 aliphatic heterocycles. The smallest absolute Gasteiger partial charge is 0.310 e. The third kappa shape index (κ3) is 4.20. The first-order valence-corrected chi connectivity index (χ1v) is 8.20. The molecule has 0 atom stereocenters. The molecule has 0 aliphatic carbocycles. The summed E-state index contributed by atoms with van der Waals surface area (Å²) in [6.45, 7) is 5.06. The molecular formula is C20H25NO2. The van der Waals surface area contributed by atoms with E-state index in [9.17, 15) is 9.90 Å². The highest BCUT2D eigenvalue weighted by molar-refractivity contribution is 5.74. The van der Waals surface area contributed by atoms with Crippen LogP contribution >= 0.6 is 0 Å². The molecule has 0 spiro atoms. The number of carbonyl (C=O) groups is 1. The summed E-state index contributed by atoms with van der Waals surface area (Å²) < 4.78 is 0. The summed E-state index contributed by atoms with van der Waals surface area (Å²) in [5.41, 5.74) is 2.89. The van der Waals surface area contributed by atoms with Gasteiger partial charge in [0.15, 0.2) is 0 Å². The van der Waals surface area contributed by atoms with Gasteiger partial charge in [-0.1, -0.05) is 68.4 Å². The van der Waals surface area contributed by atoms with E-state index in [1.54, 1.807) is 0 Å². The maximum absolute atomic E-state index is 11.5. The highest BCUT2D eigenvalue weighted by Crippen LogP contribution is 2.26. The Morgan fingerprint density at radius 1 is 0.957 bits per heavy atom. The van der Waals surface area contributed by atoms with E-state index in [2.05, 4.69) is 41.7 Å². The lowest BCUT2D eigenvalue weighted by Crippen LogP contribution is -2.39. The van der Waals surface area contributed by atoms with Crippen LogP contribution in [0.25, 0.3) is 11.1 Å². The summed E-state index contributed by atoms with van der Waals surface area (Å²) in [6, 6.07) is 18.7. The largest absolute Gasteiger partial charge is 0.481 e. The van der Waals surface area contributed by atoms with Gasteiger partial charge in [0, 0.05) is 13.1 Å². The third-order valence-corrected chi connectivity index (χ3v) is 4.66. The Hall–Kier alpha value is -2.13. The quantitative estimate of drug-likeness (QED) is 0.762. The molecule has 3 heteroatoms. The van der Waals surface area contributed by atoms with Crippen LogP contribution in [0.3, 0.4) is 0 Å². The van der Waals surface area contributed by atoms with E-state index >= 15 is 0 Å². The SMILES string of the molecule is CCC(CC)(CNCc1ccc(-c2ccccc2)cc1)C(=O)O. The number of hydrogen-bond donors (Lipinski definition) is 2. The molecule has 23 heavy (non-hydrogen) atoms. The molecule has 3 nitrogen and oxygen atoms in total. The molecule has 0 amide bonds. The van der Waals surface area contributed by atoms with Crippen LogP contribution < -0.4 is 5.32 Å². The average molecular weight is 311 g/mol. The maximum atomic E-state index is 11.5. The molecule has 122 valence electrons. The Bertz CT molecular complexity index is 616. The first kappa shape index (κ1) is 17.2. The molecule has 0 aliphatic rings. The first-order chi connectivity index (χ1) is 11.1. The zero-order valence-electron chi connectivity index (χ0n) is 13.9. The van der Waals surface area contributed by atoms with Crippen LogP contribution in [0, 0.1) is 5.41 Å². The summed E-state index contributed by atoms with van der Waals surface area (Å²) >= 11 is 0. The first-order valence-electron chi connectivity index (χ1n) is 8.20. The van der Waals surface area contributed by atoms with Crippen molar-refractivity contribution in [2.75, 3.05) is 6.54 Å². The van der Waals surface area contributed by atoms with E-state index in [-0.39, 0.29) is 0 Å². The fraction of sp³-hybridized carbons (Fsp3) is 0.350. The monoisotopic (exact) mass is 311 g/mol. The van der Waals surface area contributed by atoms with Crippen molar-refractivity contribution in [3.8, 4) is 11.1 Å². The van der Waals surface area contributed by atoms with Crippen LogP contribution in [0.15, 0.2) is 54.6 Å². The summed E-state index contributed by atoms with van der Waals surface area (Å²) in [6.07, 6.45) is 1.28. The normalized spacial score (nSPS) is 11.4. The molecular weight excluding hydrogens is 286 g/mol. The van der Waals surface area contributed by atoms with Crippen molar-refractivity contribution in [1.29, 1.82) is 0 Å². The standard InChI is InChI=1S/C20H25NO2/c1-3-20(4-2,19(22)23)15-21-14-16-10-12-18(13-11-16)17-8-6-5-7-9-17/h5-13,21H,3-4,14-15H2,1-2H3,(H,22,23). The van der Waals surface area contributed by atoms with Crippen molar-refractivity contribution in [3.63, 3.8) is 0 Å². The number of carboxylic acids is 1. The van der Waals surface area contributed by atoms with Crippen molar-refractivity contribution in [2.24, 2.45) is 5.41 Å². The molecule has 0 saturated heterocycles. The van der Waals surface area contributed by atoms with Crippen LogP contribution in [0.1, 0.15) is 32.3 Å². The second-order valence-corrected chi connectivity index (χ2v) is 5.96. The third-order valence-electron chi connectivity index (χ3n) is 4.66. The number of hydrogen-bond acceptors (Lipinski definition) is 2. The van der Waals surface area contributed by atoms with E-state index in [0.29, 0.717) is 25.9 Å². The van der Waals surface area contributed by atoms with Crippen LogP contribution in [0.4, 0.5) is 0 Å². The van der Waals surface area contributed by atoms with E-state index < -0.39 is 11.4 Å². The van der Waals surface area contributed by atoms with Gasteiger partial charge < -0.3 is 10.4 Å². The van der Waals surface area contributed by atoms with Crippen molar-refractivity contribution in [3.05, 3.63) is 60.2 Å². The van der Waals surface area contributed by atoms with Crippen LogP contribution in [0.5, 0.6) is 0 Å². The molecule has 0 fully saturated rings. The van der Waals surface area contributed by atoms with Gasteiger partial charge >= 0.3 is 5.97 Å². The van der Waals surface area contributed by atoms with Crippen LogP contribution in [-0.2, 0) is 11.3 Å². The number of aliphatic carboxylic acids is 1. The molecule has 0 bridgehead atoms. The van der Waals surface area contributed by atoms with Gasteiger partial charge in [-0.05, 0) is 29.5 Å². The van der Waals surface area contributed by atoms with Gasteiger partial charge in [0.05, 0.1) is 5.41 Å². The van der Waals surface area contributed by atoms with E-state index in [1.165, 1.54) is 11.1 Å². The molecule has 2 N–H and O–H groups in total. The van der Waals surface area contributed by atoms with Crippen LogP contribution in [-0.4, -0.2) is 17.6 Å². The fourth-order valence-corrected chi connectivity index (χ4v) is 2.77. The molecule has 0 aromatic heterocycles. The predicted molar refractivity (Wildman–Crippen MR) is 94.2 cm³/mol. The van der Waals surface area contributed by atoms with Crippen molar-refractivity contribution in [1.82, 2.24) is 5.32 Å². The zero-order valence-corrected chi connectivity index (χ0v) is 13.9. The van der Waals surface area contributed by atoms with Crippen LogP contribution in [0.2, 0.25) is 0 Å². The number of nitrogens with one attached hydrogen (secondary N) is 1. The van der Waals surface area contributed by atoms with E-state index in [1.807, 2.05) is 32.0 Å². The molecule has 0 radical (unpaired) electrons. The lowest BCUT2D eigenvalue weighted by molar-refractivity contribution is -0.149. The van der Waals surface area contributed by atoms with Gasteiger partial charge in [0.1, 0.15) is 0 Å². The molecule has 2 aromatic carbocycles. The minimum atomic E-state index is -0.713. The molecule has 2 aromatic rings. The second kappa shape index (κ2) is 7.93. The molecule has 2 rings (SSSR count). The fourth-order valence-electron chi connectivity index (χ4n) is 2.77. The molecule has 0 heterocycles. The van der Waals surface area contributed by atoms with Crippen molar-refractivity contribution in [2.45, 2.75) is 33.2 Å². The van der Waals surface area contributed by atoms with Gasteiger partial charge in [-0.25, -0.2) is 0 Å². The van der Waals surface area contributed by atoms with Crippen molar-refractivity contribution >= 4 is 5.97 Å². The highest BCUT2D eigenvalue weighted by Gasteiger charge is 2.34. The topological polar surface area (TPSA) is 49.3 Å². The minimum Gasteiger partial charge on any atom is -0.481 e. The molecule has 0 unspecified atom stereocenters. The van der Waals surface area contributed by atoms with E-state index in [0.717, 1.165) is 5.56 Å². The Morgan fingerprint density at radius 3 is 2.04 bits per heavy atom. The Labute approximate surface area is 138 Å². The molecule has 0 saturated carbocycles. The van der Waals surface area contributed by atoms with Crippen molar-refractivity contribution < 1.29 is 9.90 Å². The lowest BCUT2D eigenvalue weighted by atomic mass is 9.82. The summed E-state index contributed by atoms with van der Waals surface area (Å²) in [4.78, 5) is 11.5. The minimum absolute atomic E-state index is 0.496. The van der Waals surface area contributed by atoms with Gasteiger partial charge in [-0.3, -0.25) is 4.79 Å². The maximum Gasteiger partial charge on any atom is 0.310 e. The number of carboxylic acid groups (broad SMARTS) is 1. The lowest BCUT2D eigenvalue weighted by Gasteiger charge is -2.27. The second-order valence-electron chi connectivity index (χ2n) is 5.96. The predicted octanol–water partition coefficient (Wildman–Crippen LogP) is 4.33. The number of benzene rings is 2.